The average Bonchev–Trinajstić information content (AvgIpc) is 2.34. The summed E-state index contributed by atoms with van der Waals surface area (Å²) < 4.78 is 13.3. The van der Waals surface area contributed by atoms with Gasteiger partial charge >= 0.3 is 0 Å². The van der Waals surface area contributed by atoms with E-state index >= 15 is 0 Å². The lowest BCUT2D eigenvalue weighted by atomic mass is 10.2. The van der Waals surface area contributed by atoms with Gasteiger partial charge in [-0.15, -0.1) is 11.8 Å². The highest BCUT2D eigenvalue weighted by molar-refractivity contribution is 7.98. The molecule has 0 radical (unpaired) electrons. The Balaban J connectivity index is 2.11. The molecule has 0 aliphatic carbocycles. The van der Waals surface area contributed by atoms with Crippen molar-refractivity contribution >= 4 is 40.7 Å². The highest BCUT2D eigenvalue weighted by Gasteiger charge is 2.04. The van der Waals surface area contributed by atoms with Gasteiger partial charge in [-0.2, -0.15) is 0 Å². The van der Waals surface area contributed by atoms with Crippen LogP contribution < -0.4 is 5.73 Å². The van der Waals surface area contributed by atoms with Gasteiger partial charge in [0.2, 0.25) is 0 Å². The van der Waals surface area contributed by atoms with Gasteiger partial charge in [-0.1, -0.05) is 29.3 Å². The lowest BCUT2D eigenvalue weighted by Gasteiger charge is -2.06. The standard InChI is InChI=1S/C13H10Cl2FNS/c14-9-2-4-12(17)13(6-9)18-7-8-1-3-10(15)11(16)5-8/h1-6H,7,17H2. The van der Waals surface area contributed by atoms with Crippen LogP contribution in [0, 0.1) is 5.82 Å². The second-order valence-corrected chi connectivity index (χ2v) is 5.58. The zero-order valence-electron chi connectivity index (χ0n) is 9.29. The highest BCUT2D eigenvalue weighted by Crippen LogP contribution is 2.31. The third-order valence-electron chi connectivity index (χ3n) is 2.35. The van der Waals surface area contributed by atoms with E-state index in [0.717, 1.165) is 10.5 Å². The van der Waals surface area contributed by atoms with Gasteiger partial charge in [-0.3, -0.25) is 0 Å². The molecule has 0 bridgehead atoms. The van der Waals surface area contributed by atoms with Crippen LogP contribution in [0.2, 0.25) is 10.0 Å². The Hall–Kier alpha value is -0.900. The number of halogens is 3. The number of anilines is 1. The second kappa shape index (κ2) is 5.83. The van der Waals surface area contributed by atoms with Gasteiger partial charge in [0.05, 0.1) is 5.02 Å². The molecule has 0 saturated heterocycles. The molecule has 2 aromatic rings. The molecule has 2 aromatic carbocycles. The number of hydrogen-bond acceptors (Lipinski definition) is 2. The van der Waals surface area contributed by atoms with Gasteiger partial charge < -0.3 is 5.73 Å². The van der Waals surface area contributed by atoms with E-state index in [1.165, 1.54) is 17.8 Å². The molecule has 0 saturated carbocycles. The summed E-state index contributed by atoms with van der Waals surface area (Å²) in [6.45, 7) is 0. The van der Waals surface area contributed by atoms with Crippen molar-refractivity contribution in [1.82, 2.24) is 0 Å². The van der Waals surface area contributed by atoms with Crippen molar-refractivity contribution in [3.05, 3.63) is 57.8 Å². The summed E-state index contributed by atoms with van der Waals surface area (Å²) in [6.07, 6.45) is 0. The SMILES string of the molecule is Nc1ccc(Cl)cc1SCc1ccc(Cl)c(F)c1. The Morgan fingerprint density at radius 2 is 1.89 bits per heavy atom. The van der Waals surface area contributed by atoms with Crippen molar-refractivity contribution in [3.63, 3.8) is 0 Å². The second-order valence-electron chi connectivity index (χ2n) is 3.72. The number of benzene rings is 2. The van der Waals surface area contributed by atoms with Crippen LogP contribution in [0.15, 0.2) is 41.3 Å². The molecule has 0 aliphatic heterocycles. The van der Waals surface area contributed by atoms with E-state index in [1.807, 2.05) is 0 Å². The summed E-state index contributed by atoms with van der Waals surface area (Å²) >= 11 is 13.0. The Morgan fingerprint density at radius 1 is 1.11 bits per heavy atom. The van der Waals surface area contributed by atoms with E-state index in [2.05, 4.69) is 0 Å². The van der Waals surface area contributed by atoms with E-state index in [1.54, 1.807) is 30.3 Å². The van der Waals surface area contributed by atoms with Crippen LogP contribution in [0.4, 0.5) is 10.1 Å². The summed E-state index contributed by atoms with van der Waals surface area (Å²) in [5.74, 6) is 0.201. The van der Waals surface area contributed by atoms with Crippen LogP contribution in [0.25, 0.3) is 0 Å². The third-order valence-corrected chi connectivity index (χ3v) is 4.04. The smallest absolute Gasteiger partial charge is 0.142 e. The molecule has 0 aliphatic rings. The minimum Gasteiger partial charge on any atom is -0.398 e. The van der Waals surface area contributed by atoms with E-state index in [9.17, 15) is 4.39 Å². The first-order valence-corrected chi connectivity index (χ1v) is 6.92. The molecule has 0 atom stereocenters. The molecule has 0 heterocycles. The zero-order chi connectivity index (χ0) is 13.1. The van der Waals surface area contributed by atoms with Gasteiger partial charge in [-0.25, -0.2) is 4.39 Å². The molecule has 0 amide bonds. The van der Waals surface area contributed by atoms with Crippen molar-refractivity contribution in [2.24, 2.45) is 0 Å². The monoisotopic (exact) mass is 301 g/mol. The molecule has 0 unspecified atom stereocenters. The predicted octanol–water partition coefficient (Wildman–Crippen LogP) is 5.01. The van der Waals surface area contributed by atoms with E-state index in [4.69, 9.17) is 28.9 Å². The molecule has 5 heteroatoms. The van der Waals surface area contributed by atoms with Gasteiger partial charge in [0.25, 0.3) is 0 Å². The summed E-state index contributed by atoms with van der Waals surface area (Å²) in [6, 6.07) is 10.1. The predicted molar refractivity (Wildman–Crippen MR) is 76.8 cm³/mol. The van der Waals surface area contributed by atoms with Gasteiger partial charge in [0.1, 0.15) is 5.82 Å². The normalized spacial score (nSPS) is 10.6. The Kier molecular flexibility index (Phi) is 4.38. The molecule has 1 nitrogen and oxygen atoms in total. The van der Waals surface area contributed by atoms with Crippen LogP contribution in [0.5, 0.6) is 0 Å². The Bertz CT molecular complexity index is 575. The van der Waals surface area contributed by atoms with E-state index in [0.29, 0.717) is 16.5 Å². The van der Waals surface area contributed by atoms with Crippen molar-refractivity contribution in [2.45, 2.75) is 10.6 Å². The number of nitrogens with two attached hydrogens (primary N) is 1. The third kappa shape index (κ3) is 3.31. The Morgan fingerprint density at radius 3 is 2.61 bits per heavy atom. The highest BCUT2D eigenvalue weighted by atomic mass is 35.5. The maximum atomic E-state index is 13.3. The van der Waals surface area contributed by atoms with Crippen molar-refractivity contribution in [3.8, 4) is 0 Å². The number of rotatable bonds is 3. The van der Waals surface area contributed by atoms with Crippen LogP contribution in [0.1, 0.15) is 5.56 Å². The number of thioether (sulfide) groups is 1. The summed E-state index contributed by atoms with van der Waals surface area (Å²) in [7, 11) is 0. The molecular weight excluding hydrogens is 292 g/mol. The molecule has 0 aromatic heterocycles. The van der Waals surface area contributed by atoms with Crippen LogP contribution >= 0.6 is 35.0 Å². The fourth-order valence-electron chi connectivity index (χ4n) is 1.42. The van der Waals surface area contributed by atoms with Crippen molar-refractivity contribution in [2.75, 3.05) is 5.73 Å². The molecule has 2 N–H and O–H groups in total. The first-order chi connectivity index (χ1) is 8.56. The van der Waals surface area contributed by atoms with Gasteiger partial charge in [0.15, 0.2) is 0 Å². The van der Waals surface area contributed by atoms with Gasteiger partial charge in [0, 0.05) is 21.4 Å². The van der Waals surface area contributed by atoms with E-state index in [-0.39, 0.29) is 5.02 Å². The van der Waals surface area contributed by atoms with E-state index < -0.39 is 5.82 Å². The van der Waals surface area contributed by atoms with Crippen molar-refractivity contribution in [1.29, 1.82) is 0 Å². The maximum Gasteiger partial charge on any atom is 0.142 e. The average molecular weight is 302 g/mol. The number of nitrogen functional groups attached to an aromatic ring is 1. The van der Waals surface area contributed by atoms with Crippen LogP contribution in [0.3, 0.4) is 0 Å². The van der Waals surface area contributed by atoms with Gasteiger partial charge in [-0.05, 0) is 35.9 Å². The minimum atomic E-state index is -0.408. The van der Waals surface area contributed by atoms with Crippen molar-refractivity contribution < 1.29 is 4.39 Å². The maximum absolute atomic E-state index is 13.3. The molecular formula is C13H10Cl2FNS. The minimum absolute atomic E-state index is 0.131. The summed E-state index contributed by atoms with van der Waals surface area (Å²) in [5, 5.41) is 0.764. The first kappa shape index (κ1) is 13.5. The van der Waals surface area contributed by atoms with Crippen LogP contribution in [-0.4, -0.2) is 0 Å². The quantitative estimate of drug-likeness (QED) is 0.637. The molecule has 18 heavy (non-hydrogen) atoms. The zero-order valence-corrected chi connectivity index (χ0v) is 11.6. The largest absolute Gasteiger partial charge is 0.398 e. The fourth-order valence-corrected chi connectivity index (χ4v) is 2.72. The fraction of sp³-hybridized carbons (Fsp3) is 0.0769. The molecule has 0 fully saturated rings. The summed E-state index contributed by atoms with van der Waals surface area (Å²) in [5.41, 5.74) is 7.35. The topological polar surface area (TPSA) is 26.0 Å². The molecule has 94 valence electrons. The summed E-state index contributed by atoms with van der Waals surface area (Å²) in [4.78, 5) is 0.887. The Labute approximate surface area is 119 Å². The lowest BCUT2D eigenvalue weighted by Crippen LogP contribution is -1.89. The molecule has 2 rings (SSSR count). The first-order valence-electron chi connectivity index (χ1n) is 5.18. The number of hydrogen-bond donors (Lipinski definition) is 1. The molecule has 0 spiro atoms. The van der Waals surface area contributed by atoms with Crippen LogP contribution in [-0.2, 0) is 5.75 Å². The lowest BCUT2D eigenvalue weighted by molar-refractivity contribution is 0.627.